The molecule has 3 aromatic rings. The molecule has 0 aliphatic carbocycles. The summed E-state index contributed by atoms with van der Waals surface area (Å²) < 4.78 is 10.5. The number of fused-ring (bicyclic) bond motifs is 1. The van der Waals surface area contributed by atoms with Crippen molar-refractivity contribution >= 4 is 16.7 Å². The normalized spacial score (nSPS) is 12.1. The van der Waals surface area contributed by atoms with Crippen LogP contribution in [0.5, 0.6) is 5.75 Å². The average molecular weight is 309 g/mol. The topological polar surface area (TPSA) is 51.5 Å². The first-order valence-corrected chi connectivity index (χ1v) is 7.55. The number of methoxy groups -OCH3 is 1. The van der Waals surface area contributed by atoms with Crippen LogP contribution < -0.4 is 10.1 Å². The fourth-order valence-corrected chi connectivity index (χ4v) is 2.53. The first kappa shape index (κ1) is 15.2. The molecule has 3 rings (SSSR count). The molecule has 4 nitrogen and oxygen atoms in total. The minimum atomic E-state index is -0.225. The minimum Gasteiger partial charge on any atom is -0.497 e. The molecular weight excluding hydrogens is 290 g/mol. The second-order valence-corrected chi connectivity index (χ2v) is 5.49. The summed E-state index contributed by atoms with van der Waals surface area (Å²) in [6.45, 7) is 2.31. The Morgan fingerprint density at radius 2 is 1.96 bits per heavy atom. The van der Waals surface area contributed by atoms with Crippen molar-refractivity contribution in [2.75, 3.05) is 7.11 Å². The van der Waals surface area contributed by atoms with E-state index in [-0.39, 0.29) is 11.8 Å². The number of nitrogens with one attached hydrogen (secondary N) is 1. The molecule has 2 aromatic carbocycles. The standard InChI is InChI=1S/C19H19NO3/c1-13(19(21)20-12-18-4-3-9-23-18)14-5-6-16-11-17(22-2)8-7-15(16)10-14/h3-11,13H,12H2,1-2H3,(H,20,21). The summed E-state index contributed by atoms with van der Waals surface area (Å²) in [4.78, 5) is 12.3. The summed E-state index contributed by atoms with van der Waals surface area (Å²) in [5.41, 5.74) is 0.986. The zero-order valence-corrected chi connectivity index (χ0v) is 13.2. The Balaban J connectivity index is 1.74. The number of carbonyl (C=O) groups excluding carboxylic acids is 1. The van der Waals surface area contributed by atoms with E-state index >= 15 is 0 Å². The molecule has 1 aromatic heterocycles. The van der Waals surface area contributed by atoms with E-state index in [0.29, 0.717) is 6.54 Å². The molecule has 1 amide bonds. The molecule has 0 spiro atoms. The van der Waals surface area contributed by atoms with Crippen LogP contribution >= 0.6 is 0 Å². The van der Waals surface area contributed by atoms with Gasteiger partial charge in [-0.3, -0.25) is 4.79 Å². The van der Waals surface area contributed by atoms with Gasteiger partial charge < -0.3 is 14.5 Å². The SMILES string of the molecule is COc1ccc2cc(C(C)C(=O)NCc3ccco3)ccc2c1. The zero-order chi connectivity index (χ0) is 16.2. The molecule has 0 saturated carbocycles. The van der Waals surface area contributed by atoms with Crippen molar-refractivity contribution in [1.29, 1.82) is 0 Å². The van der Waals surface area contributed by atoms with E-state index in [4.69, 9.17) is 9.15 Å². The summed E-state index contributed by atoms with van der Waals surface area (Å²) in [6, 6.07) is 15.6. The highest BCUT2D eigenvalue weighted by Crippen LogP contribution is 2.25. The quantitative estimate of drug-likeness (QED) is 0.778. The number of rotatable bonds is 5. The Morgan fingerprint density at radius 1 is 1.17 bits per heavy atom. The van der Waals surface area contributed by atoms with Gasteiger partial charge in [-0.25, -0.2) is 0 Å². The number of ether oxygens (including phenoxy) is 1. The van der Waals surface area contributed by atoms with E-state index in [0.717, 1.165) is 27.8 Å². The molecule has 0 saturated heterocycles. The van der Waals surface area contributed by atoms with Crippen LogP contribution in [-0.4, -0.2) is 13.0 Å². The van der Waals surface area contributed by atoms with Crippen LogP contribution in [0.4, 0.5) is 0 Å². The maximum absolute atomic E-state index is 12.3. The van der Waals surface area contributed by atoms with Crippen molar-refractivity contribution in [2.24, 2.45) is 0 Å². The summed E-state index contributed by atoms with van der Waals surface area (Å²) >= 11 is 0. The monoisotopic (exact) mass is 309 g/mol. The maximum atomic E-state index is 12.3. The van der Waals surface area contributed by atoms with E-state index in [2.05, 4.69) is 5.32 Å². The highest BCUT2D eigenvalue weighted by atomic mass is 16.5. The molecule has 1 atom stereocenters. The Bertz CT molecular complexity index is 809. The predicted molar refractivity (Wildman–Crippen MR) is 89.5 cm³/mol. The third-order valence-corrected chi connectivity index (χ3v) is 3.98. The van der Waals surface area contributed by atoms with Gasteiger partial charge in [0.15, 0.2) is 0 Å². The Hall–Kier alpha value is -2.75. The van der Waals surface area contributed by atoms with Gasteiger partial charge >= 0.3 is 0 Å². The van der Waals surface area contributed by atoms with E-state index in [9.17, 15) is 4.79 Å². The van der Waals surface area contributed by atoms with Crippen LogP contribution in [0.25, 0.3) is 10.8 Å². The predicted octanol–water partition coefficient (Wildman–Crippen LogP) is 3.86. The summed E-state index contributed by atoms with van der Waals surface area (Å²) in [7, 11) is 1.65. The molecule has 0 fully saturated rings. The maximum Gasteiger partial charge on any atom is 0.227 e. The van der Waals surface area contributed by atoms with Crippen LogP contribution in [0.2, 0.25) is 0 Å². The molecule has 0 radical (unpaired) electrons. The lowest BCUT2D eigenvalue weighted by Gasteiger charge is -2.13. The molecule has 1 heterocycles. The number of amides is 1. The summed E-state index contributed by atoms with van der Waals surface area (Å²) in [6.07, 6.45) is 1.60. The van der Waals surface area contributed by atoms with Crippen molar-refractivity contribution in [1.82, 2.24) is 5.32 Å². The fourth-order valence-electron chi connectivity index (χ4n) is 2.53. The molecule has 23 heavy (non-hydrogen) atoms. The van der Waals surface area contributed by atoms with Gasteiger partial charge in [0.2, 0.25) is 5.91 Å². The molecule has 4 heteroatoms. The summed E-state index contributed by atoms with van der Waals surface area (Å²) in [5, 5.41) is 5.08. The lowest BCUT2D eigenvalue weighted by atomic mass is 9.97. The van der Waals surface area contributed by atoms with Crippen molar-refractivity contribution in [3.63, 3.8) is 0 Å². The molecule has 0 bridgehead atoms. The number of hydrogen-bond acceptors (Lipinski definition) is 3. The van der Waals surface area contributed by atoms with Crippen molar-refractivity contribution in [2.45, 2.75) is 19.4 Å². The van der Waals surface area contributed by atoms with Crippen LogP contribution in [0, 0.1) is 0 Å². The smallest absolute Gasteiger partial charge is 0.227 e. The summed E-state index contributed by atoms with van der Waals surface area (Å²) in [5.74, 6) is 1.33. The van der Waals surface area contributed by atoms with Crippen molar-refractivity contribution < 1.29 is 13.9 Å². The van der Waals surface area contributed by atoms with Crippen molar-refractivity contribution in [3.8, 4) is 5.75 Å². The van der Waals surface area contributed by atoms with Crippen molar-refractivity contribution in [3.05, 3.63) is 66.1 Å². The first-order chi connectivity index (χ1) is 11.2. The van der Waals surface area contributed by atoms with Gasteiger partial charge in [0.05, 0.1) is 25.8 Å². The molecule has 1 unspecified atom stereocenters. The lowest BCUT2D eigenvalue weighted by molar-refractivity contribution is -0.122. The largest absolute Gasteiger partial charge is 0.497 e. The van der Waals surface area contributed by atoms with Gasteiger partial charge in [-0.1, -0.05) is 24.3 Å². The van der Waals surface area contributed by atoms with Gasteiger partial charge in [-0.2, -0.15) is 0 Å². The van der Waals surface area contributed by atoms with Crippen LogP contribution in [-0.2, 0) is 11.3 Å². The van der Waals surface area contributed by atoms with E-state index in [1.54, 1.807) is 13.4 Å². The number of carbonyl (C=O) groups is 1. The lowest BCUT2D eigenvalue weighted by Crippen LogP contribution is -2.27. The van der Waals surface area contributed by atoms with E-state index in [1.165, 1.54) is 0 Å². The van der Waals surface area contributed by atoms with Crippen LogP contribution in [0.3, 0.4) is 0 Å². The molecule has 1 N–H and O–H groups in total. The molecule has 0 aliphatic heterocycles. The highest BCUT2D eigenvalue weighted by molar-refractivity contribution is 5.88. The second kappa shape index (κ2) is 6.57. The number of furan rings is 1. The highest BCUT2D eigenvalue weighted by Gasteiger charge is 2.15. The Kier molecular flexibility index (Phi) is 4.33. The molecular formula is C19H19NO3. The number of benzene rings is 2. The van der Waals surface area contributed by atoms with Gasteiger partial charge in [0.25, 0.3) is 0 Å². The first-order valence-electron chi connectivity index (χ1n) is 7.55. The third kappa shape index (κ3) is 3.37. The molecule has 118 valence electrons. The average Bonchev–Trinajstić information content (AvgIpc) is 3.11. The fraction of sp³-hybridized carbons (Fsp3) is 0.211. The van der Waals surface area contributed by atoms with Gasteiger partial charge in [0.1, 0.15) is 11.5 Å². The van der Waals surface area contributed by atoms with Gasteiger partial charge in [0, 0.05) is 0 Å². The van der Waals surface area contributed by atoms with Gasteiger partial charge in [-0.05, 0) is 47.5 Å². The van der Waals surface area contributed by atoms with E-state index < -0.39 is 0 Å². The Morgan fingerprint density at radius 3 is 2.70 bits per heavy atom. The third-order valence-electron chi connectivity index (χ3n) is 3.98. The number of hydrogen-bond donors (Lipinski definition) is 1. The zero-order valence-electron chi connectivity index (χ0n) is 13.2. The minimum absolute atomic E-state index is 0.0192. The Labute approximate surface area is 135 Å². The van der Waals surface area contributed by atoms with Crippen LogP contribution in [0.1, 0.15) is 24.2 Å². The van der Waals surface area contributed by atoms with Crippen LogP contribution in [0.15, 0.2) is 59.2 Å². The van der Waals surface area contributed by atoms with Gasteiger partial charge in [-0.15, -0.1) is 0 Å². The molecule has 0 aliphatic rings. The van der Waals surface area contributed by atoms with E-state index in [1.807, 2.05) is 55.5 Å². The second-order valence-electron chi connectivity index (χ2n) is 5.49.